The van der Waals surface area contributed by atoms with E-state index in [1.807, 2.05) is 18.6 Å². The van der Waals surface area contributed by atoms with Gasteiger partial charge in [0.05, 0.1) is 35.0 Å². The SMILES string of the molecule is NCc1ncc([C@@]23CC[C@H](N(CCCN4CC[C@@H](O)C4)C(=O)Nc4ccc(F)c(C(F)(F)F)c4)[C@@H]2C3)s1.NCc1ncc([C@]23CC[C@@H](N(CCCN4CC[C@@H](O)C4)C(=O)Nc4ccc(F)c(C(F)(F)F)c4)C2C3)s1.NCc1ncc([C@]23CC[C@@H](N(CCCN4CC[C@@H](O)C4)C(=O)Nc4ccc(F)c(C(F)(F)F)c4)[C@H]2C3)s1. The normalized spacial score (nSPS) is 27.4. The number of carbonyl (C=O) groups excluding carboxylic acids is 3. The lowest BCUT2D eigenvalue weighted by Crippen LogP contribution is -2.44. The summed E-state index contributed by atoms with van der Waals surface area (Å²) in [7, 11) is 0. The van der Waals surface area contributed by atoms with Crippen LogP contribution in [0.5, 0.6) is 0 Å². The Kier molecular flexibility index (Phi) is 24.8. The molecule has 3 saturated heterocycles. The predicted molar refractivity (Wildman–Crippen MR) is 395 cm³/mol. The number of hydrogen-bond donors (Lipinski definition) is 9. The van der Waals surface area contributed by atoms with Gasteiger partial charge in [0.2, 0.25) is 0 Å². The van der Waals surface area contributed by atoms with Crippen molar-refractivity contribution in [2.24, 2.45) is 35.0 Å². The Balaban J connectivity index is 0.000000146. The molecule has 36 heteroatoms. The van der Waals surface area contributed by atoms with E-state index in [9.17, 15) is 82.4 Å². The predicted octanol–water partition coefficient (Wildman–Crippen LogP) is 12.5. The van der Waals surface area contributed by atoms with Gasteiger partial charge in [0.15, 0.2) is 0 Å². The summed E-state index contributed by atoms with van der Waals surface area (Å²) in [6.07, 6.45) is 2.14. The highest BCUT2D eigenvalue weighted by Crippen LogP contribution is 2.69. The molecule has 3 aromatic carbocycles. The monoisotopic (exact) mass is 1620 g/mol. The van der Waals surface area contributed by atoms with Crippen LogP contribution in [0.4, 0.5) is 84.1 Å². The molecule has 6 aliphatic carbocycles. The molecule has 3 aromatic heterocycles. The van der Waals surface area contributed by atoms with Crippen LogP contribution in [-0.2, 0) is 54.4 Å². The summed E-state index contributed by atoms with van der Waals surface area (Å²) >= 11 is 4.82. The number of β-amino-alcohol motifs (C(OH)–C–C–N with tert-alkyl or cyclic N) is 3. The number of anilines is 3. The van der Waals surface area contributed by atoms with Crippen LogP contribution in [0, 0.1) is 35.2 Å². The Hall–Kier alpha value is -6.84. The molecular formula is C75H93F12N15O6S3. The average Bonchev–Trinajstić information content (AvgIpc) is 1.55. The van der Waals surface area contributed by atoms with Crippen molar-refractivity contribution in [1.29, 1.82) is 0 Å². The van der Waals surface area contributed by atoms with E-state index >= 15 is 0 Å². The molecule has 6 aromatic rings. The Morgan fingerprint density at radius 3 is 0.937 bits per heavy atom. The molecule has 9 fully saturated rings. The van der Waals surface area contributed by atoms with Crippen molar-refractivity contribution in [2.45, 2.75) is 187 Å². The summed E-state index contributed by atoms with van der Waals surface area (Å²) < 4.78 is 160. The molecule has 12 atom stereocenters. The van der Waals surface area contributed by atoms with Crippen molar-refractivity contribution in [3.05, 3.63) is 137 Å². The number of thiazole rings is 3. The number of aliphatic hydroxyl groups excluding tert-OH is 3. The largest absolute Gasteiger partial charge is 0.419 e. The van der Waals surface area contributed by atoms with E-state index in [0.29, 0.717) is 116 Å². The first kappa shape index (κ1) is 82.2. The first-order chi connectivity index (χ1) is 52.8. The summed E-state index contributed by atoms with van der Waals surface area (Å²) in [6, 6.07) is 5.89. The highest BCUT2D eigenvalue weighted by atomic mass is 32.1. The molecule has 3 aliphatic heterocycles. The molecule has 12 N–H and O–H groups in total. The molecule has 606 valence electrons. The summed E-state index contributed by atoms with van der Waals surface area (Å²) in [5.74, 6) is -3.40. The number of aliphatic hydroxyl groups is 3. The fraction of sp³-hybridized carbons (Fsp3) is 0.600. The second kappa shape index (κ2) is 33.5. The molecule has 6 amide bonds. The number of nitrogens with one attached hydrogen (secondary N) is 3. The summed E-state index contributed by atoms with van der Waals surface area (Å²) in [4.78, 5) is 68.7. The number of carbonyl (C=O) groups is 3. The van der Waals surface area contributed by atoms with Crippen LogP contribution in [0.1, 0.15) is 143 Å². The Morgan fingerprint density at radius 2 is 0.721 bits per heavy atom. The number of halogens is 12. The van der Waals surface area contributed by atoms with Gasteiger partial charge in [-0.2, -0.15) is 39.5 Å². The van der Waals surface area contributed by atoms with Crippen LogP contribution in [0.25, 0.3) is 0 Å². The van der Waals surface area contributed by atoms with Crippen LogP contribution in [0.15, 0.2) is 73.2 Å². The van der Waals surface area contributed by atoms with E-state index in [0.717, 1.165) is 148 Å². The highest BCUT2D eigenvalue weighted by Gasteiger charge is 2.67. The van der Waals surface area contributed by atoms with Crippen LogP contribution in [0.3, 0.4) is 0 Å². The van der Waals surface area contributed by atoms with Gasteiger partial charge in [-0.15, -0.1) is 34.0 Å². The first-order valence-corrected chi connectivity index (χ1v) is 40.3. The molecule has 9 aliphatic rings. The van der Waals surface area contributed by atoms with E-state index < -0.39 is 70.8 Å². The number of nitrogens with zero attached hydrogens (tertiary/aromatic N) is 9. The minimum Gasteiger partial charge on any atom is -0.392 e. The number of aromatic nitrogens is 3. The van der Waals surface area contributed by atoms with Gasteiger partial charge in [0, 0.05) is 163 Å². The zero-order chi connectivity index (χ0) is 79.1. The highest BCUT2D eigenvalue weighted by molar-refractivity contribution is 7.12. The van der Waals surface area contributed by atoms with Gasteiger partial charge in [-0.25, -0.2) is 42.5 Å². The van der Waals surface area contributed by atoms with Crippen LogP contribution in [0.2, 0.25) is 0 Å². The van der Waals surface area contributed by atoms with Crippen molar-refractivity contribution < 1.29 is 82.4 Å². The lowest BCUT2D eigenvalue weighted by Gasteiger charge is -2.31. The standard InChI is InChI=1S/3C25H31F4N5O2S/c3*26-19-3-2-15(10-17(19)25(27,28)29)32-23(36)34(8-1-7-33-9-5-16(35)14-33)20-4-6-24(11-18(20)24)21-13-31-22(12-30)37-21/h3*2-3,10,13,16,18,20,35H,1,4-9,11-12,14,30H2,(H,32,36)/t16-,18?,20-,24+;16-,18+,20+,24-;16-,18-,20-,24+/m111/s1. The van der Waals surface area contributed by atoms with Crippen molar-refractivity contribution in [1.82, 2.24) is 44.4 Å². The molecule has 1 unspecified atom stereocenters. The maximum absolute atomic E-state index is 13.8. The Bertz CT molecular complexity index is 3850. The molecule has 0 bridgehead atoms. The van der Waals surface area contributed by atoms with Crippen molar-refractivity contribution >= 4 is 69.2 Å². The lowest BCUT2D eigenvalue weighted by molar-refractivity contribution is -0.140. The second-order valence-electron chi connectivity index (χ2n) is 30.9. The van der Waals surface area contributed by atoms with E-state index in [4.69, 9.17) is 17.2 Å². The van der Waals surface area contributed by atoms with Gasteiger partial charge in [0.25, 0.3) is 0 Å². The molecule has 21 nitrogen and oxygen atoms in total. The van der Waals surface area contributed by atoms with Crippen LogP contribution in [-0.4, -0.2) is 193 Å². The third kappa shape index (κ3) is 18.5. The zero-order valence-electron chi connectivity index (χ0n) is 60.9. The van der Waals surface area contributed by atoms with Crippen molar-refractivity contribution in [3.63, 3.8) is 0 Å². The minimum atomic E-state index is -4.86. The Labute approximate surface area is 646 Å². The molecule has 6 saturated carbocycles. The molecule has 0 radical (unpaired) electrons. The van der Waals surface area contributed by atoms with Crippen LogP contribution >= 0.6 is 34.0 Å². The maximum atomic E-state index is 13.8. The van der Waals surface area contributed by atoms with E-state index in [2.05, 4.69) is 45.6 Å². The van der Waals surface area contributed by atoms with Gasteiger partial charge in [-0.05, 0) is 188 Å². The molecule has 0 spiro atoms. The summed E-state index contributed by atoms with van der Waals surface area (Å²) in [5, 5.41) is 39.8. The molecule has 15 rings (SSSR count). The van der Waals surface area contributed by atoms with Gasteiger partial charge in [-0.1, -0.05) is 0 Å². The van der Waals surface area contributed by atoms with Gasteiger partial charge >= 0.3 is 36.6 Å². The number of rotatable bonds is 24. The molecule has 111 heavy (non-hydrogen) atoms. The van der Waals surface area contributed by atoms with E-state index in [1.165, 1.54) is 14.6 Å². The van der Waals surface area contributed by atoms with Gasteiger partial charge in [0.1, 0.15) is 32.5 Å². The first-order valence-electron chi connectivity index (χ1n) is 37.8. The number of fused-ring (bicyclic) bond motifs is 3. The Morgan fingerprint density at radius 1 is 0.450 bits per heavy atom. The summed E-state index contributed by atoms with van der Waals surface area (Å²) in [6.45, 7) is 8.79. The number of nitrogens with two attached hydrogens (primary N) is 3. The van der Waals surface area contributed by atoms with Gasteiger partial charge in [-0.3, -0.25) is 0 Å². The summed E-state index contributed by atoms with van der Waals surface area (Å²) in [5.41, 5.74) is 12.6. The number of likely N-dealkylation sites (tertiary alicyclic amines) is 3. The topological polar surface area (TPSA) is 284 Å². The van der Waals surface area contributed by atoms with Gasteiger partial charge < -0.3 is 77.9 Å². The van der Waals surface area contributed by atoms with Crippen molar-refractivity contribution in [3.8, 4) is 0 Å². The zero-order valence-corrected chi connectivity index (χ0v) is 63.4. The smallest absolute Gasteiger partial charge is 0.392 e. The average molecular weight is 1620 g/mol. The third-order valence-electron chi connectivity index (χ3n) is 24.0. The fourth-order valence-corrected chi connectivity index (χ4v) is 21.4. The number of benzene rings is 3. The molecule has 6 heterocycles. The number of hydrogen-bond acceptors (Lipinski definition) is 18. The number of urea groups is 3. The third-order valence-corrected chi connectivity index (χ3v) is 27.7. The minimum absolute atomic E-state index is 0.0212. The number of amides is 6. The number of alkyl halides is 9. The maximum Gasteiger partial charge on any atom is 0.419 e. The lowest BCUT2D eigenvalue weighted by atomic mass is 10.0. The quantitative estimate of drug-likeness (QED) is 0.0255. The van der Waals surface area contributed by atoms with Crippen LogP contribution < -0.4 is 33.2 Å². The fourth-order valence-electron chi connectivity index (χ4n) is 18.2. The van der Waals surface area contributed by atoms with Crippen molar-refractivity contribution in [2.75, 3.05) is 94.5 Å². The van der Waals surface area contributed by atoms with E-state index in [-0.39, 0.29) is 87.5 Å². The second-order valence-corrected chi connectivity index (χ2v) is 34.3. The molecular weight excluding hydrogens is 1530 g/mol. The van der Waals surface area contributed by atoms with E-state index in [1.54, 1.807) is 48.7 Å².